The molecule has 1 aromatic carbocycles. The molecular weight excluding hydrogens is 205 g/mol. The summed E-state index contributed by atoms with van der Waals surface area (Å²) in [7, 11) is 0. The molecule has 1 unspecified atom stereocenters. The number of hydrogen-bond donors (Lipinski definition) is 2. The molecular formula is C10H9ClFNO. The molecule has 4 heteroatoms. The Bertz CT molecular complexity index is 454. The van der Waals surface area contributed by atoms with Crippen molar-refractivity contribution >= 4 is 22.5 Å². The summed E-state index contributed by atoms with van der Waals surface area (Å²) in [5.74, 6) is 0. The van der Waals surface area contributed by atoms with Crippen LogP contribution in [0.5, 0.6) is 0 Å². The summed E-state index contributed by atoms with van der Waals surface area (Å²) in [6, 6.07) is 7.01. The second-order valence-corrected chi connectivity index (χ2v) is 3.56. The third-order valence-electron chi connectivity index (χ3n) is 2.11. The quantitative estimate of drug-likeness (QED) is 0.791. The van der Waals surface area contributed by atoms with Crippen molar-refractivity contribution in [1.29, 1.82) is 0 Å². The third-order valence-corrected chi connectivity index (χ3v) is 2.34. The monoisotopic (exact) mass is 213 g/mol. The number of fused-ring (bicyclic) bond motifs is 1. The minimum atomic E-state index is -1.08. The summed E-state index contributed by atoms with van der Waals surface area (Å²) in [5.41, 5.74) is 1.32. The van der Waals surface area contributed by atoms with Crippen molar-refractivity contribution in [3.63, 3.8) is 0 Å². The van der Waals surface area contributed by atoms with Crippen LogP contribution in [0, 0.1) is 0 Å². The highest BCUT2D eigenvalue weighted by Gasteiger charge is 2.09. The maximum Gasteiger partial charge on any atom is 0.122 e. The van der Waals surface area contributed by atoms with Gasteiger partial charge in [0.05, 0.1) is 0 Å². The van der Waals surface area contributed by atoms with Crippen molar-refractivity contribution in [1.82, 2.24) is 4.98 Å². The Balaban J connectivity index is 2.51. The minimum absolute atomic E-state index is 0.477. The standard InChI is InChI=1S/C10H9ClFNO/c11-7-1-2-8-6(3-7)4-9(13-8)10(14)5-12/h1-4,10,13-14H,5H2. The molecule has 0 saturated heterocycles. The van der Waals surface area contributed by atoms with Crippen molar-refractivity contribution in [3.05, 3.63) is 35.0 Å². The zero-order valence-corrected chi connectivity index (χ0v) is 8.05. The number of aromatic amines is 1. The van der Waals surface area contributed by atoms with Gasteiger partial charge in [-0.1, -0.05) is 11.6 Å². The number of H-pyrrole nitrogens is 1. The highest BCUT2D eigenvalue weighted by Crippen LogP contribution is 2.23. The van der Waals surface area contributed by atoms with E-state index in [9.17, 15) is 9.50 Å². The van der Waals surface area contributed by atoms with Gasteiger partial charge in [-0.3, -0.25) is 0 Å². The summed E-state index contributed by atoms with van der Waals surface area (Å²) in [6.45, 7) is -0.791. The van der Waals surface area contributed by atoms with Gasteiger partial charge in [0.15, 0.2) is 0 Å². The molecule has 0 aliphatic rings. The second-order valence-electron chi connectivity index (χ2n) is 3.13. The van der Waals surface area contributed by atoms with Gasteiger partial charge in [-0.2, -0.15) is 0 Å². The summed E-state index contributed by atoms with van der Waals surface area (Å²) >= 11 is 5.79. The number of halogens is 2. The molecule has 0 saturated carbocycles. The Morgan fingerprint density at radius 1 is 1.43 bits per heavy atom. The van der Waals surface area contributed by atoms with Crippen LogP contribution in [-0.2, 0) is 0 Å². The zero-order chi connectivity index (χ0) is 10.1. The number of aliphatic hydroxyl groups is 1. The van der Waals surface area contributed by atoms with Gasteiger partial charge in [0.2, 0.25) is 0 Å². The van der Waals surface area contributed by atoms with Gasteiger partial charge in [0.1, 0.15) is 12.8 Å². The van der Waals surface area contributed by atoms with E-state index in [1.54, 1.807) is 24.3 Å². The number of alkyl halides is 1. The molecule has 0 amide bonds. The highest BCUT2D eigenvalue weighted by atomic mass is 35.5. The SMILES string of the molecule is OC(CF)c1cc2cc(Cl)ccc2[nH]1. The zero-order valence-electron chi connectivity index (χ0n) is 7.30. The lowest BCUT2D eigenvalue weighted by Gasteiger charge is -2.00. The fourth-order valence-electron chi connectivity index (χ4n) is 1.39. The minimum Gasteiger partial charge on any atom is -0.384 e. The van der Waals surface area contributed by atoms with E-state index >= 15 is 0 Å². The molecule has 0 radical (unpaired) electrons. The average molecular weight is 214 g/mol. The smallest absolute Gasteiger partial charge is 0.122 e. The first kappa shape index (κ1) is 9.49. The molecule has 0 aliphatic carbocycles. The molecule has 2 N–H and O–H groups in total. The van der Waals surface area contributed by atoms with Crippen LogP contribution in [0.4, 0.5) is 4.39 Å². The Morgan fingerprint density at radius 2 is 2.21 bits per heavy atom. The molecule has 2 aromatic rings. The first-order valence-corrected chi connectivity index (χ1v) is 4.60. The second kappa shape index (κ2) is 3.59. The summed E-state index contributed by atoms with van der Waals surface area (Å²) in [5, 5.41) is 10.8. The summed E-state index contributed by atoms with van der Waals surface area (Å²) in [4.78, 5) is 2.92. The topological polar surface area (TPSA) is 36.0 Å². The Hall–Kier alpha value is -1.06. The summed E-state index contributed by atoms with van der Waals surface area (Å²) in [6.07, 6.45) is -1.08. The lowest BCUT2D eigenvalue weighted by atomic mass is 10.2. The van der Waals surface area contributed by atoms with Crippen molar-refractivity contribution in [2.24, 2.45) is 0 Å². The van der Waals surface area contributed by atoms with Gasteiger partial charge >= 0.3 is 0 Å². The number of aromatic nitrogens is 1. The van der Waals surface area contributed by atoms with Gasteiger partial charge in [0.25, 0.3) is 0 Å². The lowest BCUT2D eigenvalue weighted by Crippen LogP contribution is -1.98. The van der Waals surface area contributed by atoms with Gasteiger partial charge in [0, 0.05) is 21.6 Å². The predicted molar refractivity (Wildman–Crippen MR) is 54.2 cm³/mol. The first-order chi connectivity index (χ1) is 6.70. The van der Waals surface area contributed by atoms with Gasteiger partial charge in [-0.25, -0.2) is 4.39 Å². The Morgan fingerprint density at radius 3 is 2.93 bits per heavy atom. The Labute approximate surface area is 85.3 Å². The van der Waals surface area contributed by atoms with E-state index in [2.05, 4.69) is 4.98 Å². The van der Waals surface area contributed by atoms with Crippen LogP contribution < -0.4 is 0 Å². The van der Waals surface area contributed by atoms with Gasteiger partial charge in [-0.15, -0.1) is 0 Å². The van der Waals surface area contributed by atoms with Crippen LogP contribution in [0.2, 0.25) is 5.02 Å². The molecule has 1 atom stereocenters. The Kier molecular flexibility index (Phi) is 2.44. The molecule has 0 aliphatic heterocycles. The van der Waals surface area contributed by atoms with E-state index in [1.165, 1.54) is 0 Å². The van der Waals surface area contributed by atoms with Crippen molar-refractivity contribution in [2.45, 2.75) is 6.10 Å². The van der Waals surface area contributed by atoms with Crippen LogP contribution >= 0.6 is 11.6 Å². The van der Waals surface area contributed by atoms with Crippen LogP contribution in [-0.4, -0.2) is 16.8 Å². The fourth-order valence-corrected chi connectivity index (χ4v) is 1.57. The van der Waals surface area contributed by atoms with E-state index in [-0.39, 0.29) is 0 Å². The molecule has 0 fully saturated rings. The molecule has 2 rings (SSSR count). The van der Waals surface area contributed by atoms with Crippen molar-refractivity contribution in [2.75, 3.05) is 6.67 Å². The van der Waals surface area contributed by atoms with Crippen molar-refractivity contribution < 1.29 is 9.50 Å². The van der Waals surface area contributed by atoms with Gasteiger partial charge < -0.3 is 10.1 Å². The van der Waals surface area contributed by atoms with E-state index in [0.717, 1.165) is 10.9 Å². The number of nitrogens with one attached hydrogen (secondary N) is 1. The van der Waals surface area contributed by atoms with Crippen molar-refractivity contribution in [3.8, 4) is 0 Å². The normalized spacial score (nSPS) is 13.4. The third kappa shape index (κ3) is 1.61. The maximum absolute atomic E-state index is 12.2. The molecule has 0 spiro atoms. The van der Waals surface area contributed by atoms with Crippen LogP contribution in [0.3, 0.4) is 0 Å². The fraction of sp³-hybridized carbons (Fsp3) is 0.200. The molecule has 2 nitrogen and oxygen atoms in total. The molecule has 0 bridgehead atoms. The number of benzene rings is 1. The molecule has 14 heavy (non-hydrogen) atoms. The number of rotatable bonds is 2. The van der Waals surface area contributed by atoms with Crippen LogP contribution in [0.1, 0.15) is 11.8 Å². The lowest BCUT2D eigenvalue weighted by molar-refractivity contribution is 0.138. The average Bonchev–Trinajstić information content (AvgIpc) is 2.59. The van der Waals surface area contributed by atoms with E-state index < -0.39 is 12.8 Å². The molecule has 74 valence electrons. The molecule has 1 aromatic heterocycles. The summed E-state index contributed by atoms with van der Waals surface area (Å²) < 4.78 is 12.2. The first-order valence-electron chi connectivity index (χ1n) is 4.23. The van der Waals surface area contributed by atoms with Crippen LogP contribution in [0.15, 0.2) is 24.3 Å². The largest absolute Gasteiger partial charge is 0.384 e. The number of aliphatic hydroxyl groups excluding tert-OH is 1. The van der Waals surface area contributed by atoms with E-state index in [1.807, 2.05) is 0 Å². The highest BCUT2D eigenvalue weighted by molar-refractivity contribution is 6.31. The maximum atomic E-state index is 12.2. The van der Waals surface area contributed by atoms with Crippen LogP contribution in [0.25, 0.3) is 10.9 Å². The predicted octanol–water partition coefficient (Wildman–Crippen LogP) is 2.82. The van der Waals surface area contributed by atoms with E-state index in [4.69, 9.17) is 11.6 Å². The van der Waals surface area contributed by atoms with Gasteiger partial charge in [-0.05, 0) is 24.3 Å². The van der Waals surface area contributed by atoms with E-state index in [0.29, 0.717) is 10.7 Å². The number of hydrogen-bond acceptors (Lipinski definition) is 1. The molecule has 1 heterocycles.